The third-order valence-corrected chi connectivity index (χ3v) is 7.28. The van der Waals surface area contributed by atoms with Crippen LogP contribution in [0.5, 0.6) is 0 Å². The smallest absolute Gasteiger partial charge is 0.317 e. The van der Waals surface area contributed by atoms with E-state index < -0.39 is 11.9 Å². The van der Waals surface area contributed by atoms with Crippen molar-refractivity contribution in [2.45, 2.75) is 46.1 Å². The van der Waals surface area contributed by atoms with Gasteiger partial charge in [0.2, 0.25) is 5.91 Å². The number of piperidine rings is 1. The number of carbonyl (C=O) groups excluding carboxylic acids is 2. The van der Waals surface area contributed by atoms with E-state index in [1.807, 2.05) is 13.8 Å². The zero-order chi connectivity index (χ0) is 28.1. The van der Waals surface area contributed by atoms with E-state index in [-0.39, 0.29) is 41.4 Å². The van der Waals surface area contributed by atoms with E-state index in [2.05, 4.69) is 36.9 Å². The first-order valence-electron chi connectivity index (χ1n) is 13.1. The highest BCUT2D eigenvalue weighted by Gasteiger charge is 2.25. The molecule has 3 amide bonds. The number of urea groups is 1. The molecule has 11 heteroatoms. The summed E-state index contributed by atoms with van der Waals surface area (Å²) >= 11 is 3.25. The van der Waals surface area contributed by atoms with Crippen LogP contribution in [0.3, 0.4) is 0 Å². The molecule has 1 fully saturated rings. The van der Waals surface area contributed by atoms with Crippen molar-refractivity contribution in [2.24, 2.45) is 11.8 Å². The van der Waals surface area contributed by atoms with E-state index in [1.54, 1.807) is 30.2 Å². The first-order chi connectivity index (χ1) is 18.6. The van der Waals surface area contributed by atoms with Crippen LogP contribution in [0.15, 0.2) is 47.1 Å². The molecule has 2 aromatic carbocycles. The molecule has 3 aromatic rings. The summed E-state index contributed by atoms with van der Waals surface area (Å²) < 4.78 is 31.3. The molecule has 2 heterocycles. The van der Waals surface area contributed by atoms with Crippen molar-refractivity contribution in [3.8, 4) is 11.3 Å². The van der Waals surface area contributed by atoms with Gasteiger partial charge in [-0.3, -0.25) is 4.79 Å². The lowest BCUT2D eigenvalue weighted by atomic mass is 9.94. The van der Waals surface area contributed by atoms with Crippen LogP contribution >= 0.6 is 15.9 Å². The van der Waals surface area contributed by atoms with Crippen LogP contribution in [0, 0.1) is 23.5 Å². The molecular formula is C28H33BrF2N6O2. The molecule has 2 atom stereocenters. The van der Waals surface area contributed by atoms with Crippen molar-refractivity contribution in [1.29, 1.82) is 0 Å². The second-order valence-corrected chi connectivity index (χ2v) is 11.3. The van der Waals surface area contributed by atoms with Crippen LogP contribution in [0.4, 0.5) is 19.3 Å². The van der Waals surface area contributed by atoms with E-state index >= 15 is 0 Å². The number of halogens is 3. The van der Waals surface area contributed by atoms with Gasteiger partial charge in [0.1, 0.15) is 17.3 Å². The van der Waals surface area contributed by atoms with Gasteiger partial charge in [0.15, 0.2) is 0 Å². The maximum Gasteiger partial charge on any atom is 0.317 e. The number of anilines is 1. The maximum atomic E-state index is 14.7. The summed E-state index contributed by atoms with van der Waals surface area (Å²) in [6.07, 6.45) is 3.51. The number of hydrogen-bond acceptors (Lipinski definition) is 4. The van der Waals surface area contributed by atoms with Crippen molar-refractivity contribution in [2.75, 3.05) is 25.0 Å². The van der Waals surface area contributed by atoms with Crippen LogP contribution in [0.2, 0.25) is 0 Å². The van der Waals surface area contributed by atoms with Crippen LogP contribution in [-0.2, 0) is 4.79 Å². The number of benzene rings is 2. The van der Waals surface area contributed by atoms with E-state index in [9.17, 15) is 18.4 Å². The van der Waals surface area contributed by atoms with Gasteiger partial charge >= 0.3 is 6.03 Å². The van der Waals surface area contributed by atoms with Crippen LogP contribution in [0.1, 0.15) is 51.6 Å². The van der Waals surface area contributed by atoms with Crippen LogP contribution in [-0.4, -0.2) is 51.5 Å². The molecular weight excluding hydrogens is 570 g/mol. The second-order valence-electron chi connectivity index (χ2n) is 10.4. The number of carbonyl (C=O) groups is 2. The van der Waals surface area contributed by atoms with Crippen LogP contribution < -0.4 is 10.6 Å². The molecule has 1 aliphatic rings. The molecule has 208 valence electrons. The van der Waals surface area contributed by atoms with Gasteiger partial charge in [0, 0.05) is 47.3 Å². The first kappa shape index (κ1) is 28.7. The fourth-order valence-corrected chi connectivity index (χ4v) is 5.00. The number of likely N-dealkylation sites (tertiary alicyclic amines) is 1. The summed E-state index contributed by atoms with van der Waals surface area (Å²) in [7, 11) is 0. The standard InChI is InChI=1S/C28H33BrF2N6O2/c1-17(2)14-32-28(39)36-10-4-5-19(15-36)11-27(38)33-21-7-9-24(30)23(13-21)26-16-37(35-34-26)18(3)22-8-6-20(29)12-25(22)31/h6-9,12-13,16-19H,4-5,10-11,14-15H2,1-3H3,(H,32,39)(H,33,38)/t18-,19?/m1/s1. The lowest BCUT2D eigenvalue weighted by Crippen LogP contribution is -2.46. The Hall–Kier alpha value is -3.34. The van der Waals surface area contributed by atoms with Gasteiger partial charge in [0.05, 0.1) is 12.2 Å². The van der Waals surface area contributed by atoms with Crippen LogP contribution in [0.25, 0.3) is 11.3 Å². The number of aromatic nitrogens is 3. The minimum Gasteiger partial charge on any atom is -0.338 e. The van der Waals surface area contributed by atoms with Gasteiger partial charge in [0.25, 0.3) is 0 Å². The number of nitrogens with one attached hydrogen (secondary N) is 2. The van der Waals surface area contributed by atoms with Crippen molar-refractivity contribution in [3.05, 3.63) is 64.3 Å². The zero-order valence-corrected chi connectivity index (χ0v) is 23.8. The average molecular weight is 604 g/mol. The maximum absolute atomic E-state index is 14.7. The Balaban J connectivity index is 1.40. The lowest BCUT2D eigenvalue weighted by molar-refractivity contribution is -0.117. The molecule has 4 rings (SSSR count). The molecule has 0 spiro atoms. The molecule has 0 aliphatic carbocycles. The molecule has 2 N–H and O–H groups in total. The van der Waals surface area contributed by atoms with Gasteiger partial charge in [-0.05, 0) is 61.9 Å². The largest absolute Gasteiger partial charge is 0.338 e. The van der Waals surface area contributed by atoms with Gasteiger partial charge in [-0.25, -0.2) is 18.3 Å². The Bertz CT molecular complexity index is 1330. The summed E-state index contributed by atoms with van der Waals surface area (Å²) in [5.74, 6) is -0.697. The fraction of sp³-hybridized carbons (Fsp3) is 0.429. The van der Waals surface area contributed by atoms with E-state index in [0.717, 1.165) is 12.8 Å². The number of hydrogen-bond donors (Lipinski definition) is 2. The Kier molecular flexibility index (Phi) is 9.32. The summed E-state index contributed by atoms with van der Waals surface area (Å²) in [4.78, 5) is 27.0. The minimum absolute atomic E-state index is 0.0452. The molecule has 1 aromatic heterocycles. The van der Waals surface area contributed by atoms with Gasteiger partial charge < -0.3 is 15.5 Å². The Morgan fingerprint density at radius 2 is 1.92 bits per heavy atom. The Labute approximate surface area is 235 Å². The highest BCUT2D eigenvalue weighted by Crippen LogP contribution is 2.28. The molecule has 8 nitrogen and oxygen atoms in total. The average Bonchev–Trinajstić information content (AvgIpc) is 3.38. The van der Waals surface area contributed by atoms with Gasteiger partial charge in [-0.2, -0.15) is 0 Å². The van der Waals surface area contributed by atoms with Gasteiger partial charge in [-0.1, -0.05) is 41.1 Å². The Morgan fingerprint density at radius 3 is 2.67 bits per heavy atom. The van der Waals surface area contributed by atoms with Gasteiger partial charge in [-0.15, -0.1) is 5.10 Å². The molecule has 39 heavy (non-hydrogen) atoms. The third-order valence-electron chi connectivity index (χ3n) is 6.79. The Morgan fingerprint density at radius 1 is 1.13 bits per heavy atom. The summed E-state index contributed by atoms with van der Waals surface area (Å²) in [6, 6.07) is 8.49. The topological polar surface area (TPSA) is 92.2 Å². The SMILES string of the molecule is CC(C)CNC(=O)N1CCCC(CC(=O)Nc2ccc(F)c(-c3cn([C@H](C)c4ccc(Br)cc4F)nn3)c2)C1. The summed E-state index contributed by atoms with van der Waals surface area (Å²) in [6.45, 7) is 7.67. The third kappa shape index (κ3) is 7.40. The van der Waals surface area contributed by atoms with Crippen molar-refractivity contribution in [1.82, 2.24) is 25.2 Å². The van der Waals surface area contributed by atoms with E-state index in [4.69, 9.17) is 0 Å². The second kappa shape index (κ2) is 12.7. The molecule has 0 saturated carbocycles. The van der Waals surface area contributed by atoms with E-state index in [1.165, 1.54) is 28.9 Å². The zero-order valence-electron chi connectivity index (χ0n) is 22.3. The molecule has 1 saturated heterocycles. The first-order valence-corrected chi connectivity index (χ1v) is 13.9. The summed E-state index contributed by atoms with van der Waals surface area (Å²) in [5.41, 5.74) is 1.30. The molecule has 1 aliphatic heterocycles. The number of amides is 3. The summed E-state index contributed by atoms with van der Waals surface area (Å²) in [5, 5.41) is 14.0. The molecule has 0 bridgehead atoms. The predicted molar refractivity (Wildman–Crippen MR) is 149 cm³/mol. The highest BCUT2D eigenvalue weighted by atomic mass is 79.9. The van der Waals surface area contributed by atoms with E-state index in [0.29, 0.717) is 41.3 Å². The quantitative estimate of drug-likeness (QED) is 0.331. The fourth-order valence-electron chi connectivity index (χ4n) is 4.67. The highest BCUT2D eigenvalue weighted by molar-refractivity contribution is 9.10. The minimum atomic E-state index is -0.516. The van der Waals surface area contributed by atoms with Crippen molar-refractivity contribution < 1.29 is 18.4 Å². The monoisotopic (exact) mass is 602 g/mol. The lowest BCUT2D eigenvalue weighted by Gasteiger charge is -2.32. The number of nitrogens with zero attached hydrogens (tertiary/aromatic N) is 4. The molecule has 0 radical (unpaired) electrons. The normalized spacial score (nSPS) is 16.3. The van der Waals surface area contributed by atoms with Crippen molar-refractivity contribution in [3.63, 3.8) is 0 Å². The number of rotatable bonds is 8. The molecule has 1 unspecified atom stereocenters. The van der Waals surface area contributed by atoms with Crippen molar-refractivity contribution >= 4 is 33.6 Å². The predicted octanol–water partition coefficient (Wildman–Crippen LogP) is 6.00.